The minimum Gasteiger partial charge on any atom is -0.328 e. The highest BCUT2D eigenvalue weighted by Gasteiger charge is 2.12. The molecule has 1 unspecified atom stereocenters. The lowest BCUT2D eigenvalue weighted by molar-refractivity contribution is 0.592. The van der Waals surface area contributed by atoms with Crippen LogP contribution in [0.5, 0.6) is 0 Å². The van der Waals surface area contributed by atoms with E-state index < -0.39 is 0 Å². The lowest BCUT2D eigenvalue weighted by Crippen LogP contribution is -2.18. The lowest BCUT2D eigenvalue weighted by Gasteiger charge is -2.11. The molecule has 5 heteroatoms. The first kappa shape index (κ1) is 14.0. The second kappa shape index (κ2) is 6.12. The Hall–Kier alpha value is -1.46. The number of hydrogen-bond donors (Lipinski definition) is 1. The molecule has 0 aliphatic heterocycles. The number of hydrogen-bond acceptors (Lipinski definition) is 4. The molecule has 0 aliphatic carbocycles. The Morgan fingerprint density at radius 3 is 2.63 bits per heavy atom. The maximum atomic E-state index is 13.9. The molecule has 1 atom stereocenters. The second-order valence-electron chi connectivity index (χ2n) is 4.55. The molecule has 0 saturated carbocycles. The van der Waals surface area contributed by atoms with Crippen LogP contribution >= 0.6 is 11.8 Å². The van der Waals surface area contributed by atoms with Gasteiger partial charge in [0.1, 0.15) is 5.82 Å². The van der Waals surface area contributed by atoms with Gasteiger partial charge < -0.3 is 5.73 Å². The Balaban J connectivity index is 2.30. The van der Waals surface area contributed by atoms with Crippen molar-refractivity contribution in [2.45, 2.75) is 36.4 Å². The van der Waals surface area contributed by atoms with Crippen LogP contribution in [0.15, 0.2) is 40.6 Å². The normalized spacial score (nSPS) is 12.4. The van der Waals surface area contributed by atoms with Crippen LogP contribution in [-0.2, 0) is 6.42 Å². The van der Waals surface area contributed by atoms with Crippen molar-refractivity contribution in [2.75, 3.05) is 0 Å². The molecule has 2 rings (SSSR count). The standard InChI is InChI=1S/C14H16FN3S/c1-9-7-17-14(18-8-9)19-13-11(6-10(2)16)4-3-5-12(13)15/h3-5,7-8,10H,6,16H2,1-2H3. The number of rotatable bonds is 4. The highest BCUT2D eigenvalue weighted by Crippen LogP contribution is 2.31. The van der Waals surface area contributed by atoms with Crippen LogP contribution in [-0.4, -0.2) is 16.0 Å². The van der Waals surface area contributed by atoms with Crippen molar-refractivity contribution in [1.29, 1.82) is 0 Å². The lowest BCUT2D eigenvalue weighted by atomic mass is 10.1. The van der Waals surface area contributed by atoms with E-state index in [0.717, 1.165) is 11.1 Å². The van der Waals surface area contributed by atoms with Gasteiger partial charge in [0.25, 0.3) is 0 Å². The van der Waals surface area contributed by atoms with Gasteiger partial charge in [0.15, 0.2) is 5.16 Å². The number of nitrogens with zero attached hydrogens (tertiary/aromatic N) is 2. The molecule has 2 N–H and O–H groups in total. The fourth-order valence-corrected chi connectivity index (χ4v) is 2.54. The van der Waals surface area contributed by atoms with Crippen molar-refractivity contribution in [1.82, 2.24) is 9.97 Å². The van der Waals surface area contributed by atoms with Crippen LogP contribution in [0.1, 0.15) is 18.1 Å². The van der Waals surface area contributed by atoms with E-state index in [0.29, 0.717) is 16.5 Å². The predicted octanol–water partition coefficient (Wildman–Crippen LogP) is 2.97. The van der Waals surface area contributed by atoms with Crippen molar-refractivity contribution < 1.29 is 4.39 Å². The average molecular weight is 277 g/mol. The van der Waals surface area contributed by atoms with Crippen LogP contribution in [0.4, 0.5) is 4.39 Å². The number of benzene rings is 1. The molecule has 0 saturated heterocycles. The Bertz CT molecular complexity index is 555. The molecule has 0 bridgehead atoms. The van der Waals surface area contributed by atoms with Crippen molar-refractivity contribution >= 4 is 11.8 Å². The van der Waals surface area contributed by atoms with Crippen LogP contribution in [0, 0.1) is 12.7 Å². The van der Waals surface area contributed by atoms with E-state index in [1.165, 1.54) is 17.8 Å². The summed E-state index contributed by atoms with van der Waals surface area (Å²) in [6.07, 6.45) is 4.08. The molecule has 2 aromatic rings. The summed E-state index contributed by atoms with van der Waals surface area (Å²) >= 11 is 1.24. The van der Waals surface area contributed by atoms with Crippen molar-refractivity contribution in [2.24, 2.45) is 5.73 Å². The Kier molecular flexibility index (Phi) is 4.50. The van der Waals surface area contributed by atoms with Gasteiger partial charge in [0, 0.05) is 18.4 Å². The molecule has 3 nitrogen and oxygen atoms in total. The molecule has 0 fully saturated rings. The molecule has 1 aromatic carbocycles. The first-order chi connectivity index (χ1) is 9.06. The molecular formula is C14H16FN3S. The Labute approximate surface area is 116 Å². The second-order valence-corrected chi connectivity index (χ2v) is 5.53. The molecule has 100 valence electrons. The van der Waals surface area contributed by atoms with E-state index in [1.54, 1.807) is 18.5 Å². The molecule has 19 heavy (non-hydrogen) atoms. The highest BCUT2D eigenvalue weighted by atomic mass is 32.2. The van der Waals surface area contributed by atoms with E-state index in [1.807, 2.05) is 19.9 Å². The number of halogens is 1. The molecule has 0 radical (unpaired) electrons. The van der Waals surface area contributed by atoms with Crippen LogP contribution in [0.3, 0.4) is 0 Å². The third kappa shape index (κ3) is 3.75. The monoisotopic (exact) mass is 277 g/mol. The van der Waals surface area contributed by atoms with Gasteiger partial charge in [-0.1, -0.05) is 12.1 Å². The minimum absolute atomic E-state index is 0.0138. The molecule has 1 heterocycles. The van der Waals surface area contributed by atoms with E-state index in [9.17, 15) is 4.39 Å². The third-order valence-electron chi connectivity index (χ3n) is 2.54. The number of aromatic nitrogens is 2. The van der Waals surface area contributed by atoms with E-state index in [-0.39, 0.29) is 11.9 Å². The van der Waals surface area contributed by atoms with Gasteiger partial charge in [-0.15, -0.1) is 0 Å². The maximum absolute atomic E-state index is 13.9. The van der Waals surface area contributed by atoms with Gasteiger partial charge in [-0.2, -0.15) is 0 Å². The molecule has 0 spiro atoms. The van der Waals surface area contributed by atoms with E-state index in [4.69, 9.17) is 5.73 Å². The fraction of sp³-hybridized carbons (Fsp3) is 0.286. The molecule has 0 aliphatic rings. The summed E-state index contributed by atoms with van der Waals surface area (Å²) < 4.78 is 13.9. The van der Waals surface area contributed by atoms with Crippen LogP contribution in [0.25, 0.3) is 0 Å². The van der Waals surface area contributed by atoms with Crippen molar-refractivity contribution in [3.8, 4) is 0 Å². The average Bonchev–Trinajstić information content (AvgIpc) is 2.35. The summed E-state index contributed by atoms with van der Waals surface area (Å²) in [5, 5.41) is 0.543. The summed E-state index contributed by atoms with van der Waals surface area (Å²) in [4.78, 5) is 8.94. The number of aryl methyl sites for hydroxylation is 1. The summed E-state index contributed by atoms with van der Waals surface area (Å²) in [5.74, 6) is -0.257. The zero-order chi connectivity index (χ0) is 13.8. The fourth-order valence-electron chi connectivity index (χ4n) is 1.70. The summed E-state index contributed by atoms with van der Waals surface area (Å²) in [6, 6.07) is 5.03. The summed E-state index contributed by atoms with van der Waals surface area (Å²) in [6.45, 7) is 3.82. The quantitative estimate of drug-likeness (QED) is 0.873. The minimum atomic E-state index is -0.257. The zero-order valence-electron chi connectivity index (χ0n) is 10.9. The molecule has 0 amide bonds. The van der Waals surface area contributed by atoms with Crippen LogP contribution < -0.4 is 5.73 Å². The van der Waals surface area contributed by atoms with Gasteiger partial charge in [0.2, 0.25) is 0 Å². The smallest absolute Gasteiger partial charge is 0.192 e. The largest absolute Gasteiger partial charge is 0.328 e. The Morgan fingerprint density at radius 1 is 1.32 bits per heavy atom. The predicted molar refractivity (Wildman–Crippen MR) is 74.6 cm³/mol. The van der Waals surface area contributed by atoms with Gasteiger partial charge >= 0.3 is 0 Å². The topological polar surface area (TPSA) is 51.8 Å². The Morgan fingerprint density at radius 2 is 2.00 bits per heavy atom. The molecule has 1 aromatic heterocycles. The zero-order valence-corrected chi connectivity index (χ0v) is 11.7. The van der Waals surface area contributed by atoms with Crippen LogP contribution in [0.2, 0.25) is 0 Å². The summed E-state index contributed by atoms with van der Waals surface area (Å²) in [7, 11) is 0. The summed E-state index contributed by atoms with van der Waals surface area (Å²) in [5.41, 5.74) is 7.67. The molecular weight excluding hydrogens is 261 g/mol. The van der Waals surface area contributed by atoms with E-state index >= 15 is 0 Å². The first-order valence-corrected chi connectivity index (χ1v) is 6.87. The van der Waals surface area contributed by atoms with Gasteiger partial charge in [0.05, 0.1) is 4.90 Å². The van der Waals surface area contributed by atoms with E-state index in [2.05, 4.69) is 9.97 Å². The first-order valence-electron chi connectivity index (χ1n) is 6.05. The van der Waals surface area contributed by atoms with Gasteiger partial charge in [-0.05, 0) is 49.2 Å². The van der Waals surface area contributed by atoms with Gasteiger partial charge in [-0.25, -0.2) is 14.4 Å². The van der Waals surface area contributed by atoms with Crippen molar-refractivity contribution in [3.63, 3.8) is 0 Å². The highest BCUT2D eigenvalue weighted by molar-refractivity contribution is 7.99. The van der Waals surface area contributed by atoms with Gasteiger partial charge in [-0.3, -0.25) is 0 Å². The van der Waals surface area contributed by atoms with Crippen molar-refractivity contribution in [3.05, 3.63) is 47.5 Å². The SMILES string of the molecule is Cc1cnc(Sc2c(F)cccc2CC(C)N)nc1. The third-order valence-corrected chi connectivity index (χ3v) is 3.60. The number of nitrogens with two attached hydrogens (primary N) is 1. The maximum Gasteiger partial charge on any atom is 0.192 e.